The van der Waals surface area contributed by atoms with Crippen molar-refractivity contribution in [3.8, 4) is 0 Å². The first kappa shape index (κ1) is 24.0. The molecule has 0 unspecified atom stereocenters. The van der Waals surface area contributed by atoms with Crippen molar-refractivity contribution in [2.45, 2.75) is 18.6 Å². The minimum atomic E-state index is -3.56. The Labute approximate surface area is 194 Å². The van der Waals surface area contributed by atoms with Gasteiger partial charge in [-0.3, -0.25) is 9.10 Å². The maximum absolute atomic E-state index is 13.2. The van der Waals surface area contributed by atoms with Crippen LogP contribution in [-0.4, -0.2) is 41.1 Å². The second kappa shape index (κ2) is 9.88. The van der Waals surface area contributed by atoms with Gasteiger partial charge in [0.1, 0.15) is 5.82 Å². The summed E-state index contributed by atoms with van der Waals surface area (Å²) in [6.07, 6.45) is 1.13. The molecule has 0 fully saturated rings. The van der Waals surface area contributed by atoms with Crippen molar-refractivity contribution in [3.05, 3.63) is 64.7 Å². The quantitative estimate of drug-likeness (QED) is 0.477. The number of halogens is 2. The van der Waals surface area contributed by atoms with Crippen molar-refractivity contribution < 1.29 is 17.6 Å². The van der Waals surface area contributed by atoms with E-state index in [1.165, 1.54) is 22.5 Å². The van der Waals surface area contributed by atoms with Gasteiger partial charge in [0.05, 0.1) is 29.3 Å². The van der Waals surface area contributed by atoms with Crippen LogP contribution in [0.25, 0.3) is 0 Å². The molecule has 0 aliphatic carbocycles. The molecule has 0 saturated heterocycles. The molecule has 0 atom stereocenters. The summed E-state index contributed by atoms with van der Waals surface area (Å²) in [6, 6.07) is 11.0. The summed E-state index contributed by atoms with van der Waals surface area (Å²) in [4.78, 5) is 12.2. The highest BCUT2D eigenvalue weighted by atomic mass is 35.5. The number of hydrogen-bond donors (Lipinski definition) is 1. The summed E-state index contributed by atoms with van der Waals surface area (Å²) in [6.45, 7) is 1.91. The van der Waals surface area contributed by atoms with Crippen LogP contribution in [0.5, 0.6) is 0 Å². The number of anilines is 2. The molecule has 1 amide bonds. The van der Waals surface area contributed by atoms with Crippen molar-refractivity contribution in [2.24, 2.45) is 7.05 Å². The molecule has 3 rings (SSSR count). The largest absolute Gasteiger partial charge is 0.325 e. The van der Waals surface area contributed by atoms with Gasteiger partial charge in [-0.2, -0.15) is 0 Å². The lowest BCUT2D eigenvalue weighted by molar-refractivity contribution is -0.113. The van der Waals surface area contributed by atoms with Crippen LogP contribution >= 0.6 is 23.4 Å². The number of rotatable bonds is 8. The molecule has 1 N–H and O–H groups in total. The molecule has 1 heterocycles. The maximum Gasteiger partial charge on any atom is 0.234 e. The Kier molecular flexibility index (Phi) is 7.42. The zero-order valence-electron chi connectivity index (χ0n) is 17.5. The van der Waals surface area contributed by atoms with Gasteiger partial charge in [0.2, 0.25) is 15.9 Å². The second-order valence-electron chi connectivity index (χ2n) is 7.03. The zero-order valence-corrected chi connectivity index (χ0v) is 19.9. The van der Waals surface area contributed by atoms with Crippen molar-refractivity contribution >= 4 is 50.7 Å². The molecule has 0 radical (unpaired) electrons. The number of amides is 1. The van der Waals surface area contributed by atoms with E-state index in [-0.39, 0.29) is 23.2 Å². The fraction of sp³-hybridized carbons (Fsp3) is 0.250. The number of benzene rings is 2. The fourth-order valence-electron chi connectivity index (χ4n) is 2.75. The van der Waals surface area contributed by atoms with E-state index in [2.05, 4.69) is 15.5 Å². The lowest BCUT2D eigenvalue weighted by Crippen LogP contribution is -2.30. The maximum atomic E-state index is 13.2. The number of aryl methyl sites for hydroxylation is 1. The molecule has 12 heteroatoms. The minimum absolute atomic E-state index is 0.00771. The molecule has 3 aromatic rings. The van der Waals surface area contributed by atoms with Gasteiger partial charge < -0.3 is 9.88 Å². The third-order valence-electron chi connectivity index (χ3n) is 4.47. The first-order valence-corrected chi connectivity index (χ1v) is 12.6. The number of carbonyl (C=O) groups is 1. The summed E-state index contributed by atoms with van der Waals surface area (Å²) in [5.74, 6) is -0.461. The Morgan fingerprint density at radius 2 is 1.91 bits per heavy atom. The molecule has 32 heavy (non-hydrogen) atoms. The highest BCUT2D eigenvalue weighted by molar-refractivity contribution is 7.99. The Morgan fingerprint density at radius 1 is 1.22 bits per heavy atom. The highest BCUT2D eigenvalue weighted by Crippen LogP contribution is 2.23. The summed E-state index contributed by atoms with van der Waals surface area (Å²) in [7, 11) is -1.86. The summed E-state index contributed by atoms with van der Waals surface area (Å²) in [5, 5.41) is 11.1. The van der Waals surface area contributed by atoms with Crippen molar-refractivity contribution in [3.63, 3.8) is 0 Å². The zero-order chi connectivity index (χ0) is 23.5. The van der Waals surface area contributed by atoms with Gasteiger partial charge in [-0.1, -0.05) is 41.1 Å². The minimum Gasteiger partial charge on any atom is -0.325 e. The Balaban J connectivity index is 1.68. The predicted molar refractivity (Wildman–Crippen MR) is 124 cm³/mol. The number of nitrogens with one attached hydrogen (secondary N) is 1. The predicted octanol–water partition coefficient (Wildman–Crippen LogP) is 3.61. The van der Waals surface area contributed by atoms with E-state index >= 15 is 0 Å². The molecule has 170 valence electrons. The lowest BCUT2D eigenvalue weighted by Gasteiger charge is -2.22. The van der Waals surface area contributed by atoms with E-state index in [4.69, 9.17) is 11.6 Å². The van der Waals surface area contributed by atoms with Crippen LogP contribution in [0.15, 0.2) is 47.6 Å². The average molecular weight is 498 g/mol. The molecule has 0 bridgehead atoms. The summed E-state index contributed by atoms with van der Waals surface area (Å²) >= 11 is 6.86. The number of aromatic nitrogens is 3. The van der Waals surface area contributed by atoms with Gasteiger partial charge in [-0.15, -0.1) is 10.2 Å². The molecule has 0 aliphatic rings. The van der Waals surface area contributed by atoms with E-state index in [1.807, 2.05) is 19.1 Å². The van der Waals surface area contributed by atoms with Gasteiger partial charge >= 0.3 is 0 Å². The van der Waals surface area contributed by atoms with Gasteiger partial charge in [0.15, 0.2) is 11.0 Å². The monoisotopic (exact) mass is 497 g/mol. The lowest BCUT2D eigenvalue weighted by atomic mass is 10.2. The number of sulfonamides is 1. The Morgan fingerprint density at radius 3 is 2.53 bits per heavy atom. The Bertz CT molecular complexity index is 1230. The highest BCUT2D eigenvalue weighted by Gasteiger charge is 2.21. The van der Waals surface area contributed by atoms with E-state index in [1.54, 1.807) is 23.7 Å². The van der Waals surface area contributed by atoms with Gasteiger partial charge in [-0.05, 0) is 37.3 Å². The molecule has 8 nitrogen and oxygen atoms in total. The third-order valence-corrected chi connectivity index (χ3v) is 6.92. The number of thioether (sulfide) groups is 1. The first-order chi connectivity index (χ1) is 15.0. The second-order valence-corrected chi connectivity index (χ2v) is 10.3. The summed E-state index contributed by atoms with van der Waals surface area (Å²) < 4.78 is 40.8. The molecular formula is C20H21ClFN5O3S2. The van der Waals surface area contributed by atoms with Gasteiger partial charge in [-0.25, -0.2) is 12.8 Å². The van der Waals surface area contributed by atoms with Crippen molar-refractivity contribution in [1.29, 1.82) is 0 Å². The van der Waals surface area contributed by atoms with E-state index in [9.17, 15) is 17.6 Å². The van der Waals surface area contributed by atoms with Gasteiger partial charge in [0.25, 0.3) is 0 Å². The van der Waals surface area contributed by atoms with Crippen LogP contribution in [0.2, 0.25) is 5.02 Å². The molecular weight excluding hydrogens is 477 g/mol. The van der Waals surface area contributed by atoms with Crippen LogP contribution in [-0.2, 0) is 28.4 Å². The molecule has 0 spiro atoms. The van der Waals surface area contributed by atoms with Crippen LogP contribution in [0.3, 0.4) is 0 Å². The first-order valence-electron chi connectivity index (χ1n) is 9.35. The molecule has 0 saturated carbocycles. The Hall–Kier alpha value is -2.63. The fourth-order valence-corrected chi connectivity index (χ4v) is 4.51. The van der Waals surface area contributed by atoms with Gasteiger partial charge in [0, 0.05) is 12.7 Å². The smallest absolute Gasteiger partial charge is 0.234 e. The molecule has 2 aromatic carbocycles. The number of carbonyl (C=O) groups excluding carboxylic acids is 1. The van der Waals surface area contributed by atoms with Crippen LogP contribution < -0.4 is 9.62 Å². The SMILES string of the molecule is Cc1ccc(N(Cc2nnc(SCC(=O)Nc3ccc(F)c(Cl)c3)n2C)S(C)(=O)=O)cc1. The molecule has 1 aromatic heterocycles. The van der Waals surface area contributed by atoms with Crippen molar-refractivity contribution in [1.82, 2.24) is 14.8 Å². The average Bonchev–Trinajstić information content (AvgIpc) is 3.07. The number of nitrogens with zero attached hydrogens (tertiary/aromatic N) is 4. The van der Waals surface area contributed by atoms with E-state index < -0.39 is 15.8 Å². The number of hydrogen-bond acceptors (Lipinski definition) is 6. The summed E-state index contributed by atoms with van der Waals surface area (Å²) in [5.41, 5.74) is 1.91. The topological polar surface area (TPSA) is 97.2 Å². The standard InChI is InChI=1S/C20H21ClFN5O3S2/c1-13-4-7-15(8-5-13)27(32(3,29)30)11-18-24-25-20(26(18)2)31-12-19(28)23-14-6-9-17(22)16(21)10-14/h4-10H,11-12H2,1-3H3,(H,23,28). The van der Waals surface area contributed by atoms with E-state index in [0.29, 0.717) is 22.4 Å². The van der Waals surface area contributed by atoms with E-state index in [0.717, 1.165) is 23.6 Å². The third kappa shape index (κ3) is 5.99. The van der Waals surface area contributed by atoms with Crippen molar-refractivity contribution in [2.75, 3.05) is 21.6 Å². The van der Waals surface area contributed by atoms with Crippen LogP contribution in [0.4, 0.5) is 15.8 Å². The molecule has 0 aliphatic heterocycles. The normalized spacial score (nSPS) is 11.4. The van der Waals surface area contributed by atoms with Crippen LogP contribution in [0.1, 0.15) is 11.4 Å². The van der Waals surface area contributed by atoms with Crippen LogP contribution in [0, 0.1) is 12.7 Å².